The van der Waals surface area contributed by atoms with Gasteiger partial charge in [-0.1, -0.05) is 41.9 Å². The van der Waals surface area contributed by atoms with Crippen molar-refractivity contribution < 1.29 is 9.59 Å². The third-order valence-corrected chi connectivity index (χ3v) is 4.68. The van der Waals surface area contributed by atoms with E-state index in [1.807, 2.05) is 52.3 Å². The van der Waals surface area contributed by atoms with Crippen molar-refractivity contribution in [2.45, 2.75) is 12.8 Å². The highest BCUT2D eigenvalue weighted by Gasteiger charge is 2.22. The molecule has 1 heterocycles. The van der Waals surface area contributed by atoms with Crippen LogP contribution in [-0.4, -0.2) is 47.8 Å². The molecule has 0 aliphatic carbocycles. The molecule has 0 aromatic heterocycles. The number of rotatable bonds is 3. The number of hydrogen-bond donors (Lipinski definition) is 0. The summed E-state index contributed by atoms with van der Waals surface area (Å²) < 4.78 is 0. The first-order valence-corrected chi connectivity index (χ1v) is 8.88. The van der Waals surface area contributed by atoms with Gasteiger partial charge in [-0.25, -0.2) is 0 Å². The molecule has 1 fully saturated rings. The Hall–Kier alpha value is -2.33. The summed E-state index contributed by atoms with van der Waals surface area (Å²) in [4.78, 5) is 28.8. The van der Waals surface area contributed by atoms with E-state index in [1.54, 1.807) is 12.1 Å². The number of carbonyl (C=O) groups excluding carboxylic acids is 2. The largest absolute Gasteiger partial charge is 0.341 e. The normalized spacial score (nSPS) is 14.9. The van der Waals surface area contributed by atoms with Gasteiger partial charge in [-0.05, 0) is 36.2 Å². The molecule has 25 heavy (non-hydrogen) atoms. The van der Waals surface area contributed by atoms with Crippen molar-refractivity contribution in [2.24, 2.45) is 0 Å². The van der Waals surface area contributed by atoms with Crippen LogP contribution in [0.1, 0.15) is 22.3 Å². The lowest BCUT2D eigenvalue weighted by Crippen LogP contribution is -2.38. The van der Waals surface area contributed by atoms with Gasteiger partial charge in [0.1, 0.15) is 0 Å². The van der Waals surface area contributed by atoms with Gasteiger partial charge in [-0.3, -0.25) is 9.59 Å². The van der Waals surface area contributed by atoms with Crippen LogP contribution in [0.2, 0.25) is 5.02 Å². The summed E-state index contributed by atoms with van der Waals surface area (Å²) in [6, 6.07) is 16.6. The second kappa shape index (κ2) is 8.17. The van der Waals surface area contributed by atoms with Crippen LogP contribution in [0.15, 0.2) is 54.6 Å². The van der Waals surface area contributed by atoms with Gasteiger partial charge in [0, 0.05) is 36.8 Å². The van der Waals surface area contributed by atoms with Gasteiger partial charge in [-0.2, -0.15) is 0 Å². The molecule has 1 aliphatic rings. The average molecular weight is 357 g/mol. The molecule has 130 valence electrons. The second-order valence-corrected chi connectivity index (χ2v) is 6.63. The van der Waals surface area contributed by atoms with Gasteiger partial charge in [0.25, 0.3) is 5.91 Å². The maximum Gasteiger partial charge on any atom is 0.253 e. The summed E-state index contributed by atoms with van der Waals surface area (Å²) in [6.07, 6.45) is 1.16. The first-order chi connectivity index (χ1) is 12.1. The molecular weight excluding hydrogens is 336 g/mol. The Morgan fingerprint density at radius 3 is 2.20 bits per heavy atom. The number of halogens is 1. The summed E-state index contributed by atoms with van der Waals surface area (Å²) in [7, 11) is 0. The van der Waals surface area contributed by atoms with Crippen molar-refractivity contribution in [1.82, 2.24) is 9.80 Å². The molecule has 5 heteroatoms. The van der Waals surface area contributed by atoms with E-state index in [9.17, 15) is 9.59 Å². The minimum atomic E-state index is 0.0348. The zero-order chi connectivity index (χ0) is 17.6. The van der Waals surface area contributed by atoms with Gasteiger partial charge < -0.3 is 9.80 Å². The van der Waals surface area contributed by atoms with Crippen LogP contribution >= 0.6 is 11.6 Å². The van der Waals surface area contributed by atoms with Gasteiger partial charge in [0.2, 0.25) is 5.91 Å². The minimum absolute atomic E-state index is 0.0348. The monoisotopic (exact) mass is 356 g/mol. The summed E-state index contributed by atoms with van der Waals surface area (Å²) in [5, 5.41) is 0.668. The molecule has 1 saturated heterocycles. The highest BCUT2D eigenvalue weighted by atomic mass is 35.5. The Labute approximate surface area is 153 Å². The van der Waals surface area contributed by atoms with Gasteiger partial charge in [-0.15, -0.1) is 0 Å². The van der Waals surface area contributed by atoms with Gasteiger partial charge in [0.15, 0.2) is 0 Å². The number of hydrogen-bond acceptors (Lipinski definition) is 2. The van der Waals surface area contributed by atoms with Crippen molar-refractivity contribution in [3.05, 3.63) is 70.7 Å². The van der Waals surface area contributed by atoms with Crippen LogP contribution in [0.4, 0.5) is 0 Å². The molecule has 2 aromatic rings. The molecule has 0 unspecified atom stereocenters. The molecule has 3 rings (SSSR count). The molecule has 0 radical (unpaired) electrons. The highest BCUT2D eigenvalue weighted by molar-refractivity contribution is 6.30. The molecule has 0 saturated carbocycles. The van der Waals surface area contributed by atoms with Crippen molar-refractivity contribution in [2.75, 3.05) is 26.2 Å². The van der Waals surface area contributed by atoms with Gasteiger partial charge in [0.05, 0.1) is 6.42 Å². The average Bonchev–Trinajstić information content (AvgIpc) is 2.90. The number of benzene rings is 2. The van der Waals surface area contributed by atoms with E-state index >= 15 is 0 Å². The predicted molar refractivity (Wildman–Crippen MR) is 98.7 cm³/mol. The lowest BCUT2D eigenvalue weighted by molar-refractivity contribution is -0.130. The van der Waals surface area contributed by atoms with E-state index in [4.69, 9.17) is 11.6 Å². The number of amides is 2. The molecule has 0 bridgehead atoms. The van der Waals surface area contributed by atoms with Crippen LogP contribution in [0, 0.1) is 0 Å². The number of carbonyl (C=O) groups is 2. The lowest BCUT2D eigenvalue weighted by atomic mass is 10.1. The van der Waals surface area contributed by atoms with Crippen LogP contribution in [0.3, 0.4) is 0 Å². The van der Waals surface area contributed by atoms with E-state index in [0.29, 0.717) is 43.2 Å². The fraction of sp³-hybridized carbons (Fsp3) is 0.300. The fourth-order valence-corrected chi connectivity index (χ4v) is 3.15. The van der Waals surface area contributed by atoms with E-state index in [1.165, 1.54) is 0 Å². The van der Waals surface area contributed by atoms with Gasteiger partial charge >= 0.3 is 0 Å². The minimum Gasteiger partial charge on any atom is -0.341 e. The van der Waals surface area contributed by atoms with Crippen LogP contribution in [0.25, 0.3) is 0 Å². The zero-order valence-corrected chi connectivity index (χ0v) is 14.8. The number of nitrogens with zero attached hydrogens (tertiary/aromatic N) is 2. The Morgan fingerprint density at radius 2 is 1.48 bits per heavy atom. The maximum atomic E-state index is 12.6. The molecule has 0 N–H and O–H groups in total. The molecule has 0 atom stereocenters. The molecular formula is C20H21ClN2O2. The van der Waals surface area contributed by atoms with E-state index in [0.717, 1.165) is 12.0 Å². The summed E-state index contributed by atoms with van der Waals surface area (Å²) in [5.74, 6) is 0.129. The van der Waals surface area contributed by atoms with Crippen LogP contribution in [-0.2, 0) is 11.2 Å². The predicted octanol–water partition coefficient (Wildman–Crippen LogP) is 3.26. The summed E-state index contributed by atoms with van der Waals surface area (Å²) in [5.41, 5.74) is 1.65. The first kappa shape index (κ1) is 17.5. The van der Waals surface area contributed by atoms with E-state index in [2.05, 4.69) is 0 Å². The Morgan fingerprint density at radius 1 is 0.840 bits per heavy atom. The quantitative estimate of drug-likeness (QED) is 0.847. The second-order valence-electron chi connectivity index (χ2n) is 6.20. The maximum absolute atomic E-state index is 12.6. The smallest absolute Gasteiger partial charge is 0.253 e. The fourth-order valence-electron chi connectivity index (χ4n) is 3.02. The molecule has 0 spiro atoms. The van der Waals surface area contributed by atoms with E-state index in [-0.39, 0.29) is 11.8 Å². The molecule has 2 amide bonds. The standard InChI is InChI=1S/C20H21ClN2O2/c21-18-9-7-16(8-10-18)15-19(24)22-11-4-12-23(14-13-22)20(25)17-5-2-1-3-6-17/h1-3,5-10H,4,11-15H2. The SMILES string of the molecule is O=C(Cc1ccc(Cl)cc1)N1CCCN(C(=O)c2ccccc2)CC1. The van der Waals surface area contributed by atoms with Crippen molar-refractivity contribution >= 4 is 23.4 Å². The van der Waals surface area contributed by atoms with Crippen molar-refractivity contribution in [3.8, 4) is 0 Å². The summed E-state index contributed by atoms with van der Waals surface area (Å²) in [6.45, 7) is 2.51. The topological polar surface area (TPSA) is 40.6 Å². The molecule has 1 aliphatic heterocycles. The summed E-state index contributed by atoms with van der Waals surface area (Å²) >= 11 is 5.88. The zero-order valence-electron chi connectivity index (χ0n) is 14.0. The first-order valence-electron chi connectivity index (χ1n) is 8.50. The highest BCUT2D eigenvalue weighted by Crippen LogP contribution is 2.13. The van der Waals surface area contributed by atoms with Crippen LogP contribution in [0.5, 0.6) is 0 Å². The van der Waals surface area contributed by atoms with Crippen LogP contribution < -0.4 is 0 Å². The molecule has 4 nitrogen and oxygen atoms in total. The Balaban J connectivity index is 1.58. The van der Waals surface area contributed by atoms with E-state index < -0.39 is 0 Å². The third-order valence-electron chi connectivity index (χ3n) is 4.43. The Kier molecular flexibility index (Phi) is 5.71. The third kappa shape index (κ3) is 4.60. The Bertz CT molecular complexity index is 731. The molecule has 2 aromatic carbocycles. The lowest BCUT2D eigenvalue weighted by Gasteiger charge is -2.22. The van der Waals surface area contributed by atoms with Crippen molar-refractivity contribution in [1.29, 1.82) is 0 Å². The van der Waals surface area contributed by atoms with Crippen molar-refractivity contribution in [3.63, 3.8) is 0 Å².